The third kappa shape index (κ3) is 1.87. The van der Waals surface area contributed by atoms with Crippen LogP contribution in [-0.2, 0) is 5.60 Å². The monoisotopic (exact) mass is 256 g/mol. The molecule has 0 bridgehead atoms. The smallest absolute Gasteiger partial charge is 0.105 e. The Bertz CT molecular complexity index is 391. The molecule has 0 saturated carbocycles. The van der Waals surface area contributed by atoms with E-state index in [-0.39, 0.29) is 5.41 Å². The van der Waals surface area contributed by atoms with Crippen LogP contribution in [-0.4, -0.2) is 16.6 Å². The summed E-state index contributed by atoms with van der Waals surface area (Å²) in [5, 5.41) is 11.6. The first-order chi connectivity index (χ1) is 7.47. The summed E-state index contributed by atoms with van der Waals surface area (Å²) in [7, 11) is 0. The van der Waals surface area contributed by atoms with Gasteiger partial charge in [-0.1, -0.05) is 43.6 Å². The van der Waals surface area contributed by atoms with Gasteiger partial charge in [0.1, 0.15) is 5.60 Å². The average molecular weight is 257 g/mol. The van der Waals surface area contributed by atoms with Gasteiger partial charge in [0.05, 0.1) is 0 Å². The second kappa shape index (κ2) is 4.25. The van der Waals surface area contributed by atoms with Crippen molar-refractivity contribution in [1.82, 2.24) is 0 Å². The minimum atomic E-state index is -0.811. The Balaban J connectivity index is 2.48. The standard InChI is InChI=1S/C13H17ClOS/c1-12(2)7-8-16-9-13(12,15)10-5-3-4-6-11(10)14/h3-6,15H,7-9H2,1-2H3. The number of benzene rings is 1. The molecular formula is C13H17ClOS. The first-order valence-corrected chi connectivity index (χ1v) is 7.06. The fourth-order valence-corrected chi connectivity index (χ4v) is 4.12. The quantitative estimate of drug-likeness (QED) is 0.827. The van der Waals surface area contributed by atoms with E-state index in [0.29, 0.717) is 5.02 Å². The summed E-state index contributed by atoms with van der Waals surface area (Å²) in [6.45, 7) is 4.24. The zero-order valence-electron chi connectivity index (χ0n) is 9.66. The number of hydrogen-bond donors (Lipinski definition) is 1. The van der Waals surface area contributed by atoms with Crippen molar-refractivity contribution in [3.05, 3.63) is 34.9 Å². The molecule has 1 unspecified atom stereocenters. The molecule has 0 aromatic heterocycles. The number of hydrogen-bond acceptors (Lipinski definition) is 2. The van der Waals surface area contributed by atoms with Crippen molar-refractivity contribution in [2.24, 2.45) is 5.41 Å². The summed E-state index contributed by atoms with van der Waals surface area (Å²) in [6.07, 6.45) is 1.01. The first-order valence-electron chi connectivity index (χ1n) is 5.52. The lowest BCUT2D eigenvalue weighted by molar-refractivity contribution is -0.0577. The molecule has 16 heavy (non-hydrogen) atoms. The van der Waals surface area contributed by atoms with E-state index >= 15 is 0 Å². The highest BCUT2D eigenvalue weighted by Gasteiger charge is 2.47. The molecule has 1 aromatic rings. The Labute approximate surface area is 106 Å². The lowest BCUT2D eigenvalue weighted by atomic mass is 9.70. The molecule has 0 amide bonds. The van der Waals surface area contributed by atoms with E-state index in [9.17, 15) is 5.11 Å². The Morgan fingerprint density at radius 2 is 2.00 bits per heavy atom. The van der Waals surface area contributed by atoms with Crippen molar-refractivity contribution in [3.8, 4) is 0 Å². The van der Waals surface area contributed by atoms with Crippen molar-refractivity contribution in [2.75, 3.05) is 11.5 Å². The SMILES string of the molecule is CC1(C)CCSCC1(O)c1ccccc1Cl. The third-order valence-electron chi connectivity index (χ3n) is 3.62. The van der Waals surface area contributed by atoms with E-state index in [0.717, 1.165) is 23.5 Å². The van der Waals surface area contributed by atoms with Gasteiger partial charge >= 0.3 is 0 Å². The Morgan fingerprint density at radius 1 is 1.31 bits per heavy atom. The van der Waals surface area contributed by atoms with Crippen LogP contribution in [0.15, 0.2) is 24.3 Å². The fraction of sp³-hybridized carbons (Fsp3) is 0.538. The van der Waals surface area contributed by atoms with Gasteiger partial charge < -0.3 is 5.11 Å². The van der Waals surface area contributed by atoms with E-state index < -0.39 is 5.60 Å². The molecule has 1 nitrogen and oxygen atoms in total. The molecule has 1 N–H and O–H groups in total. The number of aliphatic hydroxyl groups is 1. The van der Waals surface area contributed by atoms with Gasteiger partial charge in [-0.2, -0.15) is 11.8 Å². The highest BCUT2D eigenvalue weighted by atomic mass is 35.5. The predicted molar refractivity (Wildman–Crippen MR) is 71.1 cm³/mol. The van der Waals surface area contributed by atoms with Crippen molar-refractivity contribution in [1.29, 1.82) is 0 Å². The highest BCUT2D eigenvalue weighted by Crippen LogP contribution is 2.49. The van der Waals surface area contributed by atoms with Gasteiger partial charge in [-0.05, 0) is 23.7 Å². The summed E-state index contributed by atoms with van der Waals surface area (Å²) < 4.78 is 0. The van der Waals surface area contributed by atoms with Crippen LogP contribution >= 0.6 is 23.4 Å². The molecule has 3 heteroatoms. The molecule has 1 heterocycles. The molecule has 0 radical (unpaired) electrons. The van der Waals surface area contributed by atoms with Gasteiger partial charge in [0.15, 0.2) is 0 Å². The van der Waals surface area contributed by atoms with Crippen LogP contribution in [0.1, 0.15) is 25.8 Å². The van der Waals surface area contributed by atoms with Crippen LogP contribution in [0.25, 0.3) is 0 Å². The van der Waals surface area contributed by atoms with Crippen molar-refractivity contribution in [2.45, 2.75) is 25.9 Å². The topological polar surface area (TPSA) is 20.2 Å². The molecular weight excluding hydrogens is 240 g/mol. The average Bonchev–Trinajstić information content (AvgIpc) is 2.23. The zero-order chi connectivity index (χ0) is 11.8. The summed E-state index contributed by atoms with van der Waals surface area (Å²) in [5.74, 6) is 1.84. The molecule has 0 spiro atoms. The summed E-state index contributed by atoms with van der Waals surface area (Å²) in [6, 6.07) is 7.63. The van der Waals surface area contributed by atoms with Gasteiger partial charge in [-0.15, -0.1) is 0 Å². The van der Waals surface area contributed by atoms with Gasteiger partial charge in [-0.25, -0.2) is 0 Å². The maximum Gasteiger partial charge on any atom is 0.105 e. The second-order valence-electron chi connectivity index (χ2n) is 5.03. The molecule has 2 rings (SSSR count). The van der Waals surface area contributed by atoms with E-state index in [2.05, 4.69) is 13.8 Å². The first kappa shape index (κ1) is 12.3. The molecule has 1 fully saturated rings. The highest BCUT2D eigenvalue weighted by molar-refractivity contribution is 7.99. The van der Waals surface area contributed by atoms with E-state index in [1.54, 1.807) is 11.8 Å². The van der Waals surface area contributed by atoms with Crippen LogP contribution in [0.3, 0.4) is 0 Å². The van der Waals surface area contributed by atoms with Crippen LogP contribution in [0.2, 0.25) is 5.02 Å². The fourth-order valence-electron chi connectivity index (χ4n) is 2.19. The molecule has 1 saturated heterocycles. The van der Waals surface area contributed by atoms with Gasteiger partial charge in [0.25, 0.3) is 0 Å². The van der Waals surface area contributed by atoms with Gasteiger partial charge in [0, 0.05) is 16.3 Å². The molecule has 88 valence electrons. The summed E-state index contributed by atoms with van der Waals surface area (Å²) in [4.78, 5) is 0. The molecule has 1 aromatic carbocycles. The third-order valence-corrected chi connectivity index (χ3v) is 5.07. The van der Waals surface area contributed by atoms with Crippen molar-refractivity contribution >= 4 is 23.4 Å². The Morgan fingerprint density at radius 3 is 2.62 bits per heavy atom. The van der Waals surface area contributed by atoms with Crippen LogP contribution in [0, 0.1) is 5.41 Å². The Kier molecular flexibility index (Phi) is 3.26. The molecule has 1 atom stereocenters. The predicted octanol–water partition coefficient (Wildman–Crippen LogP) is 3.69. The lowest BCUT2D eigenvalue weighted by Gasteiger charge is -2.46. The van der Waals surface area contributed by atoms with Crippen molar-refractivity contribution < 1.29 is 5.11 Å². The normalized spacial score (nSPS) is 29.0. The van der Waals surface area contributed by atoms with Gasteiger partial charge in [0.2, 0.25) is 0 Å². The summed E-state index contributed by atoms with van der Waals surface area (Å²) >= 11 is 8.00. The summed E-state index contributed by atoms with van der Waals surface area (Å²) in [5.41, 5.74) is -0.0637. The van der Waals surface area contributed by atoms with Crippen molar-refractivity contribution in [3.63, 3.8) is 0 Å². The van der Waals surface area contributed by atoms with Crippen LogP contribution in [0.4, 0.5) is 0 Å². The van der Waals surface area contributed by atoms with E-state index in [1.165, 1.54) is 0 Å². The van der Waals surface area contributed by atoms with Crippen LogP contribution in [0.5, 0.6) is 0 Å². The number of rotatable bonds is 1. The number of thioether (sulfide) groups is 1. The number of halogens is 1. The second-order valence-corrected chi connectivity index (χ2v) is 6.54. The lowest BCUT2D eigenvalue weighted by Crippen LogP contribution is -2.47. The van der Waals surface area contributed by atoms with Crippen LogP contribution < -0.4 is 0 Å². The van der Waals surface area contributed by atoms with Gasteiger partial charge in [-0.3, -0.25) is 0 Å². The maximum absolute atomic E-state index is 10.9. The maximum atomic E-state index is 10.9. The molecule has 0 aliphatic carbocycles. The minimum absolute atomic E-state index is 0.122. The molecule has 1 aliphatic heterocycles. The minimum Gasteiger partial charge on any atom is -0.384 e. The molecule has 1 aliphatic rings. The van der Waals surface area contributed by atoms with E-state index in [1.807, 2.05) is 24.3 Å². The van der Waals surface area contributed by atoms with E-state index in [4.69, 9.17) is 11.6 Å². The zero-order valence-corrected chi connectivity index (χ0v) is 11.2. The largest absolute Gasteiger partial charge is 0.384 e. The Hall–Kier alpha value is -0.180.